The number of aliphatic carboxylic acids is 1. The minimum absolute atomic E-state index is 0.208. The standard InChI is InChI=1S/C13H22N2O3/c1-2-8(12(16)17)7-14-13(18)15-11(9-3-4-9)10-5-6-10/h8-11H,2-7H2,1H3,(H,16,17)(H2,14,15,18). The molecule has 5 heteroatoms. The third-order valence-corrected chi connectivity index (χ3v) is 3.91. The maximum atomic E-state index is 11.7. The van der Waals surface area contributed by atoms with E-state index in [4.69, 9.17) is 5.11 Å². The van der Waals surface area contributed by atoms with E-state index in [0.717, 1.165) is 0 Å². The second kappa shape index (κ2) is 5.59. The molecular formula is C13H22N2O3. The lowest BCUT2D eigenvalue weighted by Gasteiger charge is -2.19. The summed E-state index contributed by atoms with van der Waals surface area (Å²) in [6, 6.07) is 0.105. The monoisotopic (exact) mass is 254 g/mol. The Bertz CT molecular complexity index is 312. The first-order valence-electron chi connectivity index (χ1n) is 6.89. The number of amides is 2. The van der Waals surface area contributed by atoms with E-state index in [9.17, 15) is 9.59 Å². The molecule has 0 heterocycles. The van der Waals surface area contributed by atoms with E-state index in [1.165, 1.54) is 25.7 Å². The Labute approximate surface area is 107 Å². The van der Waals surface area contributed by atoms with Crippen LogP contribution in [0, 0.1) is 17.8 Å². The average Bonchev–Trinajstić information content (AvgIpc) is 3.16. The zero-order chi connectivity index (χ0) is 13.1. The third kappa shape index (κ3) is 3.62. The summed E-state index contributed by atoms with van der Waals surface area (Å²) in [6.45, 7) is 2.02. The van der Waals surface area contributed by atoms with Crippen molar-refractivity contribution in [2.24, 2.45) is 17.8 Å². The summed E-state index contributed by atoms with van der Waals surface area (Å²) in [5, 5.41) is 14.6. The van der Waals surface area contributed by atoms with Crippen LogP contribution in [0.3, 0.4) is 0 Å². The van der Waals surface area contributed by atoms with Crippen molar-refractivity contribution in [3.8, 4) is 0 Å². The van der Waals surface area contributed by atoms with E-state index < -0.39 is 11.9 Å². The van der Waals surface area contributed by atoms with Crippen molar-refractivity contribution in [1.29, 1.82) is 0 Å². The molecule has 2 aliphatic carbocycles. The number of hydrogen-bond donors (Lipinski definition) is 3. The maximum absolute atomic E-state index is 11.7. The summed E-state index contributed by atoms with van der Waals surface area (Å²) >= 11 is 0. The first kappa shape index (κ1) is 13.2. The zero-order valence-electron chi connectivity index (χ0n) is 10.8. The van der Waals surface area contributed by atoms with Gasteiger partial charge in [0.1, 0.15) is 0 Å². The summed E-state index contributed by atoms with van der Waals surface area (Å²) in [7, 11) is 0. The molecule has 1 unspecified atom stereocenters. The van der Waals surface area contributed by atoms with Crippen LogP contribution in [0.25, 0.3) is 0 Å². The van der Waals surface area contributed by atoms with E-state index in [1.54, 1.807) is 0 Å². The number of carbonyl (C=O) groups excluding carboxylic acids is 1. The molecule has 2 rings (SSSR count). The van der Waals surface area contributed by atoms with Crippen molar-refractivity contribution in [3.05, 3.63) is 0 Å². The Balaban J connectivity index is 1.72. The van der Waals surface area contributed by atoms with Gasteiger partial charge in [-0.3, -0.25) is 4.79 Å². The molecule has 3 N–H and O–H groups in total. The van der Waals surface area contributed by atoms with Crippen LogP contribution in [-0.4, -0.2) is 29.7 Å². The van der Waals surface area contributed by atoms with Gasteiger partial charge in [0.2, 0.25) is 0 Å². The lowest BCUT2D eigenvalue weighted by atomic mass is 10.1. The number of carboxylic acids is 1. The van der Waals surface area contributed by atoms with Crippen LogP contribution in [-0.2, 0) is 4.79 Å². The SMILES string of the molecule is CCC(CNC(=O)NC(C1CC1)C1CC1)C(=O)O. The Kier molecular flexibility index (Phi) is 4.09. The molecule has 0 saturated heterocycles. The number of carboxylic acid groups (broad SMARTS) is 1. The molecule has 0 aromatic rings. The van der Waals surface area contributed by atoms with E-state index in [2.05, 4.69) is 10.6 Å². The molecule has 1 atom stereocenters. The molecule has 2 saturated carbocycles. The summed E-state index contributed by atoms with van der Waals surface area (Å²) in [5.74, 6) is -0.0239. The van der Waals surface area contributed by atoms with Crippen molar-refractivity contribution >= 4 is 12.0 Å². The predicted octanol–water partition coefficient (Wildman–Crippen LogP) is 1.58. The summed E-state index contributed by atoms with van der Waals surface area (Å²) < 4.78 is 0. The van der Waals surface area contributed by atoms with Crippen LogP contribution < -0.4 is 10.6 Å². The molecule has 0 aliphatic heterocycles. The fraction of sp³-hybridized carbons (Fsp3) is 0.846. The number of nitrogens with one attached hydrogen (secondary N) is 2. The van der Waals surface area contributed by atoms with Crippen LogP contribution in [0.15, 0.2) is 0 Å². The van der Waals surface area contributed by atoms with Crippen molar-refractivity contribution in [1.82, 2.24) is 10.6 Å². The fourth-order valence-corrected chi connectivity index (χ4v) is 2.36. The number of rotatable bonds is 7. The van der Waals surface area contributed by atoms with Gasteiger partial charge < -0.3 is 15.7 Å². The van der Waals surface area contributed by atoms with Gasteiger partial charge in [-0.1, -0.05) is 6.92 Å². The Morgan fingerprint density at radius 1 is 1.22 bits per heavy atom. The minimum Gasteiger partial charge on any atom is -0.481 e. The Morgan fingerprint density at radius 2 is 1.78 bits per heavy atom. The van der Waals surface area contributed by atoms with Gasteiger partial charge >= 0.3 is 12.0 Å². The van der Waals surface area contributed by atoms with Crippen LogP contribution >= 0.6 is 0 Å². The number of urea groups is 1. The lowest BCUT2D eigenvalue weighted by Crippen LogP contribution is -2.46. The van der Waals surface area contributed by atoms with Crippen molar-refractivity contribution < 1.29 is 14.7 Å². The summed E-state index contributed by atoms with van der Waals surface area (Å²) in [6.07, 6.45) is 5.40. The van der Waals surface area contributed by atoms with E-state index >= 15 is 0 Å². The van der Waals surface area contributed by atoms with Crippen molar-refractivity contribution in [2.75, 3.05) is 6.54 Å². The summed E-state index contributed by atoms with van der Waals surface area (Å²) in [5.41, 5.74) is 0. The second-order valence-corrected chi connectivity index (χ2v) is 5.50. The first-order valence-corrected chi connectivity index (χ1v) is 6.89. The molecule has 0 aromatic carbocycles. The average molecular weight is 254 g/mol. The molecule has 0 radical (unpaired) electrons. The highest BCUT2D eigenvalue weighted by Gasteiger charge is 2.42. The first-order chi connectivity index (χ1) is 8.61. The largest absolute Gasteiger partial charge is 0.481 e. The molecule has 0 spiro atoms. The van der Waals surface area contributed by atoms with E-state index in [0.29, 0.717) is 24.3 Å². The Morgan fingerprint density at radius 3 is 2.17 bits per heavy atom. The van der Waals surface area contributed by atoms with Gasteiger partial charge in [0.25, 0.3) is 0 Å². The van der Waals surface area contributed by atoms with Gasteiger partial charge in [-0.15, -0.1) is 0 Å². The number of carbonyl (C=O) groups is 2. The topological polar surface area (TPSA) is 78.4 Å². The molecular weight excluding hydrogens is 232 g/mol. The van der Waals surface area contributed by atoms with Gasteiger partial charge in [0.05, 0.1) is 5.92 Å². The molecule has 0 aromatic heterocycles. The zero-order valence-corrected chi connectivity index (χ0v) is 10.8. The maximum Gasteiger partial charge on any atom is 0.315 e. The van der Waals surface area contributed by atoms with Gasteiger partial charge in [-0.25, -0.2) is 4.79 Å². The Hall–Kier alpha value is -1.26. The van der Waals surface area contributed by atoms with Crippen LogP contribution in [0.4, 0.5) is 4.79 Å². The van der Waals surface area contributed by atoms with Gasteiger partial charge in [-0.2, -0.15) is 0 Å². The second-order valence-electron chi connectivity index (χ2n) is 5.50. The fourth-order valence-electron chi connectivity index (χ4n) is 2.36. The van der Waals surface area contributed by atoms with Gasteiger partial charge in [0, 0.05) is 12.6 Å². The summed E-state index contributed by atoms with van der Waals surface area (Å²) in [4.78, 5) is 22.6. The van der Waals surface area contributed by atoms with Crippen LogP contribution in [0.5, 0.6) is 0 Å². The quantitative estimate of drug-likeness (QED) is 0.645. The highest BCUT2D eigenvalue weighted by Crippen LogP contribution is 2.44. The molecule has 5 nitrogen and oxygen atoms in total. The van der Waals surface area contributed by atoms with Crippen LogP contribution in [0.2, 0.25) is 0 Å². The van der Waals surface area contributed by atoms with E-state index in [1.807, 2.05) is 6.92 Å². The third-order valence-electron chi connectivity index (χ3n) is 3.91. The van der Waals surface area contributed by atoms with Crippen molar-refractivity contribution in [2.45, 2.75) is 45.1 Å². The molecule has 2 aliphatic rings. The lowest BCUT2D eigenvalue weighted by molar-refractivity contribution is -0.141. The van der Waals surface area contributed by atoms with Crippen molar-refractivity contribution in [3.63, 3.8) is 0 Å². The molecule has 102 valence electrons. The van der Waals surface area contributed by atoms with E-state index in [-0.39, 0.29) is 12.6 Å². The highest BCUT2D eigenvalue weighted by molar-refractivity contribution is 5.76. The highest BCUT2D eigenvalue weighted by atomic mass is 16.4. The minimum atomic E-state index is -0.848. The van der Waals surface area contributed by atoms with Crippen LogP contribution in [0.1, 0.15) is 39.0 Å². The molecule has 0 bridgehead atoms. The van der Waals surface area contributed by atoms with Gasteiger partial charge in [0.15, 0.2) is 0 Å². The van der Waals surface area contributed by atoms with Gasteiger partial charge in [-0.05, 0) is 43.9 Å². The molecule has 2 amide bonds. The normalized spacial score (nSPS) is 20.6. The molecule has 2 fully saturated rings. The predicted molar refractivity (Wildman–Crippen MR) is 67.2 cm³/mol. The molecule has 18 heavy (non-hydrogen) atoms. The smallest absolute Gasteiger partial charge is 0.315 e. The number of hydrogen-bond acceptors (Lipinski definition) is 2.